The molecule has 7 aromatic carbocycles. The maximum absolute atomic E-state index is 12.4. The minimum Gasteiger partial charge on any atom is -0.501 e. The van der Waals surface area contributed by atoms with Crippen molar-refractivity contribution in [2.45, 2.75) is 78.7 Å². The third-order valence-electron chi connectivity index (χ3n) is 12.4. The molecule has 70 heavy (non-hydrogen) atoms. The molecule has 10 aromatic rings. The minimum atomic E-state index is -4.41. The second-order valence-corrected chi connectivity index (χ2v) is 18.9. The molecule has 5 nitrogen and oxygen atoms in total. The van der Waals surface area contributed by atoms with Crippen molar-refractivity contribution in [2.75, 3.05) is 0 Å². The first-order chi connectivity index (χ1) is 34.2. The molecule has 0 atom stereocenters. The van der Waals surface area contributed by atoms with Crippen LogP contribution in [-0.4, -0.2) is 14.5 Å². The van der Waals surface area contributed by atoms with Gasteiger partial charge < -0.3 is 14.0 Å². The number of alkyl halides is 3. The Morgan fingerprint density at radius 2 is 1.39 bits per heavy atom. The predicted molar refractivity (Wildman–Crippen MR) is 273 cm³/mol. The van der Waals surface area contributed by atoms with E-state index in [-0.39, 0.29) is 42.9 Å². The van der Waals surface area contributed by atoms with E-state index in [2.05, 4.69) is 161 Å². The summed E-state index contributed by atoms with van der Waals surface area (Å²) in [6, 6.07) is 54.9. The Hall–Kier alpha value is -7.11. The van der Waals surface area contributed by atoms with E-state index in [1.807, 2.05) is 30.3 Å². The van der Waals surface area contributed by atoms with Gasteiger partial charge in [-0.25, -0.2) is 0 Å². The van der Waals surface area contributed by atoms with E-state index >= 15 is 0 Å². The summed E-state index contributed by atoms with van der Waals surface area (Å²) < 4.78 is 67.9. The molecular weight excluding hydrogens is 1050 g/mol. The number of rotatable bonds is 7. The fourth-order valence-electron chi connectivity index (χ4n) is 8.87. The first-order valence-electron chi connectivity index (χ1n) is 24.4. The van der Waals surface area contributed by atoms with Gasteiger partial charge in [-0.15, -0.1) is 48.0 Å². The number of nitrogens with zero attached hydrogens (tertiary/aromatic N) is 4. The number of nitriles is 1. The molecule has 3 heterocycles. The van der Waals surface area contributed by atoms with Crippen molar-refractivity contribution in [3.8, 4) is 56.7 Å². The predicted octanol–water partition coefficient (Wildman–Crippen LogP) is 17.0. The fraction of sp³-hybridized carbons (Fsp3) is 0.197. The smallest absolute Gasteiger partial charge is 0.381 e. The summed E-state index contributed by atoms with van der Waals surface area (Å²) >= 11 is 0. The maximum atomic E-state index is 12.4. The third-order valence-corrected chi connectivity index (χ3v) is 12.4. The number of halogens is 3. The number of para-hydroxylation sites is 2. The van der Waals surface area contributed by atoms with Crippen LogP contribution in [0.2, 0.25) is 0 Å². The number of imidazole rings is 1. The Labute approximate surface area is 425 Å². The zero-order valence-electron chi connectivity index (χ0n) is 42.8. The van der Waals surface area contributed by atoms with Crippen LogP contribution in [0.4, 0.5) is 13.2 Å². The molecule has 10 rings (SSSR count). The van der Waals surface area contributed by atoms with Gasteiger partial charge in [0.05, 0.1) is 34.1 Å². The molecule has 0 fully saturated rings. The summed E-state index contributed by atoms with van der Waals surface area (Å²) in [4.78, 5) is 9.24. The Balaban J connectivity index is 0.000000285. The molecule has 0 aliphatic carbocycles. The van der Waals surface area contributed by atoms with Gasteiger partial charge in [0.15, 0.2) is 0 Å². The van der Waals surface area contributed by atoms with Gasteiger partial charge in [-0.05, 0) is 116 Å². The number of benzene rings is 7. The monoisotopic (exact) mass is 1110 g/mol. The molecule has 0 aliphatic heterocycles. The number of furan rings is 1. The van der Waals surface area contributed by atoms with E-state index < -0.39 is 18.6 Å². The van der Waals surface area contributed by atoms with Gasteiger partial charge in [-0.2, -0.15) is 18.4 Å². The molecule has 0 aliphatic rings. The normalized spacial score (nSPS) is 12.6. The van der Waals surface area contributed by atoms with Crippen LogP contribution in [0.15, 0.2) is 156 Å². The van der Waals surface area contributed by atoms with Gasteiger partial charge in [0.25, 0.3) is 0 Å². The molecule has 9 heteroatoms. The van der Waals surface area contributed by atoms with Gasteiger partial charge in [-0.3, -0.25) is 4.98 Å². The summed E-state index contributed by atoms with van der Waals surface area (Å²) in [6.07, 6.45) is -3.22. The fourth-order valence-corrected chi connectivity index (χ4v) is 8.87. The summed E-state index contributed by atoms with van der Waals surface area (Å²) in [5.41, 5.74) is 14.1. The molecule has 0 amide bonds. The number of hydrogen-bond donors (Lipinski definition) is 0. The zero-order chi connectivity index (χ0) is 51.3. The molecule has 3 aromatic heterocycles. The molecule has 0 saturated heterocycles. The number of fused-ring (bicyclic) bond motifs is 4. The van der Waals surface area contributed by atoms with Gasteiger partial charge in [0.1, 0.15) is 5.58 Å². The van der Waals surface area contributed by atoms with Crippen molar-refractivity contribution in [3.05, 3.63) is 197 Å². The number of aromatic nitrogens is 3. The Morgan fingerprint density at radius 3 is 1.97 bits per heavy atom. The summed E-state index contributed by atoms with van der Waals surface area (Å²) in [5, 5.41) is 12.0. The third kappa shape index (κ3) is 9.72. The van der Waals surface area contributed by atoms with Crippen LogP contribution in [0.1, 0.15) is 97.8 Å². The Morgan fingerprint density at radius 1 is 0.729 bits per heavy atom. The van der Waals surface area contributed by atoms with Crippen LogP contribution < -0.4 is 0 Å². The van der Waals surface area contributed by atoms with Crippen LogP contribution in [0.5, 0.6) is 0 Å². The van der Waals surface area contributed by atoms with Crippen molar-refractivity contribution in [1.29, 1.82) is 5.26 Å². The maximum Gasteiger partial charge on any atom is 0.381 e. The molecule has 0 unspecified atom stereocenters. The van der Waals surface area contributed by atoms with Crippen molar-refractivity contribution in [3.63, 3.8) is 0 Å². The van der Waals surface area contributed by atoms with Gasteiger partial charge >= 0.3 is 6.18 Å². The summed E-state index contributed by atoms with van der Waals surface area (Å²) in [7, 11) is 0. The molecule has 1 radical (unpaired) electrons. The van der Waals surface area contributed by atoms with Crippen LogP contribution >= 0.6 is 0 Å². The molecule has 0 bridgehead atoms. The second kappa shape index (κ2) is 19.7. The Bertz CT molecular complexity index is 3560. The molecule has 0 spiro atoms. The van der Waals surface area contributed by atoms with Gasteiger partial charge in [0, 0.05) is 41.5 Å². The van der Waals surface area contributed by atoms with Gasteiger partial charge in [-0.1, -0.05) is 138 Å². The largest absolute Gasteiger partial charge is 0.501 e. The van der Waals surface area contributed by atoms with E-state index in [1.54, 1.807) is 0 Å². The van der Waals surface area contributed by atoms with E-state index in [1.165, 1.54) is 57.8 Å². The molecular formula is C61H51F3IrN4O-2. The molecule has 0 saturated carbocycles. The van der Waals surface area contributed by atoms with Crippen LogP contribution in [0, 0.1) is 30.3 Å². The molecule has 353 valence electrons. The number of pyridine rings is 1. The van der Waals surface area contributed by atoms with E-state index in [9.17, 15) is 18.4 Å². The summed E-state index contributed by atoms with van der Waals surface area (Å²) in [5.74, 6) is 1.25. The quantitative estimate of drug-likeness (QED) is 0.149. The topological polar surface area (TPSA) is 67.6 Å². The van der Waals surface area contributed by atoms with Gasteiger partial charge in [0.2, 0.25) is 0 Å². The van der Waals surface area contributed by atoms with E-state index in [0.29, 0.717) is 16.8 Å². The minimum absolute atomic E-state index is 0. The average molecular weight is 1110 g/mol. The SMILES string of the molecule is CC(C)c1cc(-c2ccc(-c3ccccc3)cc2)cc(C(C)C)c1-n1c(-c2[c-]ccc3c2oc2cc(C(C)(C)C)c(C#N)cc23)nc2ccccc21.[2H]C([2H])([2H])c1ccc(-c2[c-]cc(C(F)(F)F)cc2)nc1.[Ir]. The van der Waals surface area contributed by atoms with Crippen LogP contribution in [-0.2, 0) is 31.7 Å². The number of aryl methyl sites for hydroxylation is 1. The van der Waals surface area contributed by atoms with Crippen molar-refractivity contribution in [2.24, 2.45) is 0 Å². The average Bonchev–Trinajstić information content (AvgIpc) is 3.93. The second-order valence-electron chi connectivity index (χ2n) is 18.9. The van der Waals surface area contributed by atoms with Crippen LogP contribution in [0.3, 0.4) is 0 Å². The summed E-state index contributed by atoms with van der Waals surface area (Å²) in [6.45, 7) is 13.2. The van der Waals surface area contributed by atoms with Crippen molar-refractivity contribution < 1.29 is 41.8 Å². The van der Waals surface area contributed by atoms with E-state index in [4.69, 9.17) is 13.5 Å². The van der Waals surface area contributed by atoms with Crippen LogP contribution in [0.25, 0.3) is 83.6 Å². The first kappa shape index (κ1) is 45.3. The van der Waals surface area contributed by atoms with Crippen molar-refractivity contribution in [1.82, 2.24) is 14.5 Å². The molecule has 0 N–H and O–H groups in total. The zero-order valence-corrected chi connectivity index (χ0v) is 42.1. The standard InChI is InChI=1S/C48H42N3O.C13H9F3N.Ir/c1-29(2)38-24-34(33-22-20-32(21-23-33)31-14-9-8-10-15-31)25-39(30(3)4)45(38)51-43-19-12-11-18-42(43)50-47(51)37-17-13-16-36-40-26-35(28-49)41(48(5,6)7)27-44(40)52-46(36)37;1-9-2-7-12(17-8-9)10-3-5-11(6-4-10)13(14,15)16;/h8-16,18-27,29-30H,1-7H3;2-3,5-8H,1H3;/q2*-1;/i;1D3;. The first-order valence-corrected chi connectivity index (χ1v) is 22.9. The van der Waals surface area contributed by atoms with E-state index in [0.717, 1.165) is 67.7 Å². The Kier molecular flexibility index (Phi) is 12.8. The number of hydrogen-bond acceptors (Lipinski definition) is 4. The van der Waals surface area contributed by atoms with Crippen molar-refractivity contribution >= 4 is 33.0 Å².